The summed E-state index contributed by atoms with van der Waals surface area (Å²) < 4.78 is 5.91. The van der Waals surface area contributed by atoms with Crippen molar-refractivity contribution in [1.82, 2.24) is 10.3 Å². The number of rotatable bonds is 2. The highest BCUT2D eigenvalue weighted by Crippen LogP contribution is 2.29. The van der Waals surface area contributed by atoms with Gasteiger partial charge in [0.15, 0.2) is 0 Å². The summed E-state index contributed by atoms with van der Waals surface area (Å²) in [6, 6.07) is 16.2. The molecular formula is C18H18N2O. The minimum Gasteiger partial charge on any atom is -0.457 e. The van der Waals surface area contributed by atoms with Crippen LogP contribution >= 0.6 is 0 Å². The van der Waals surface area contributed by atoms with E-state index in [1.165, 1.54) is 22.2 Å². The van der Waals surface area contributed by atoms with Gasteiger partial charge in [0.1, 0.15) is 11.5 Å². The van der Waals surface area contributed by atoms with Gasteiger partial charge in [-0.15, -0.1) is 0 Å². The van der Waals surface area contributed by atoms with Crippen LogP contribution in [0.1, 0.15) is 11.3 Å². The lowest BCUT2D eigenvalue weighted by atomic mass is 10.1. The molecule has 0 fully saturated rings. The Morgan fingerprint density at radius 1 is 0.857 bits per heavy atom. The van der Waals surface area contributed by atoms with Gasteiger partial charge >= 0.3 is 0 Å². The van der Waals surface area contributed by atoms with E-state index in [1.54, 1.807) is 0 Å². The smallest absolute Gasteiger partial charge is 0.129 e. The molecule has 0 saturated carbocycles. The Labute approximate surface area is 123 Å². The third kappa shape index (κ3) is 2.41. The predicted octanol–water partition coefficient (Wildman–Crippen LogP) is 3.65. The highest BCUT2D eigenvalue weighted by atomic mass is 16.5. The topological polar surface area (TPSA) is 37.0 Å². The van der Waals surface area contributed by atoms with Crippen LogP contribution in [0.2, 0.25) is 0 Å². The van der Waals surface area contributed by atoms with Gasteiger partial charge < -0.3 is 15.0 Å². The lowest BCUT2D eigenvalue weighted by Gasteiger charge is -2.05. The van der Waals surface area contributed by atoms with Crippen molar-refractivity contribution in [2.45, 2.75) is 12.8 Å². The van der Waals surface area contributed by atoms with Crippen molar-refractivity contribution in [3.8, 4) is 11.5 Å². The Morgan fingerprint density at radius 3 is 2.62 bits per heavy atom. The zero-order valence-corrected chi connectivity index (χ0v) is 11.9. The van der Waals surface area contributed by atoms with Crippen molar-refractivity contribution >= 4 is 10.9 Å². The Morgan fingerprint density at radius 2 is 1.71 bits per heavy atom. The van der Waals surface area contributed by atoms with Crippen LogP contribution in [0.25, 0.3) is 10.9 Å². The van der Waals surface area contributed by atoms with E-state index in [0.29, 0.717) is 0 Å². The number of benzene rings is 2. The first-order chi connectivity index (χ1) is 10.4. The van der Waals surface area contributed by atoms with Crippen LogP contribution < -0.4 is 10.1 Å². The molecule has 3 aromatic rings. The summed E-state index contributed by atoms with van der Waals surface area (Å²) in [5.41, 5.74) is 4.00. The normalized spacial score (nSPS) is 14.7. The molecule has 4 rings (SSSR count). The molecule has 2 aromatic carbocycles. The van der Waals surface area contributed by atoms with Crippen molar-refractivity contribution in [1.29, 1.82) is 0 Å². The summed E-state index contributed by atoms with van der Waals surface area (Å²) >= 11 is 0. The average molecular weight is 278 g/mol. The number of aromatic nitrogens is 1. The average Bonchev–Trinajstić information content (AvgIpc) is 2.69. The van der Waals surface area contributed by atoms with Crippen molar-refractivity contribution in [3.63, 3.8) is 0 Å². The molecule has 0 radical (unpaired) electrons. The molecular weight excluding hydrogens is 260 g/mol. The van der Waals surface area contributed by atoms with Crippen LogP contribution in [-0.4, -0.2) is 18.1 Å². The fourth-order valence-corrected chi connectivity index (χ4v) is 3.03. The number of nitrogens with one attached hydrogen (secondary N) is 2. The quantitative estimate of drug-likeness (QED) is 0.751. The van der Waals surface area contributed by atoms with Gasteiger partial charge in [0, 0.05) is 35.6 Å². The first-order valence-corrected chi connectivity index (χ1v) is 7.47. The molecule has 21 heavy (non-hydrogen) atoms. The van der Waals surface area contributed by atoms with Gasteiger partial charge in [0.2, 0.25) is 0 Å². The van der Waals surface area contributed by atoms with E-state index >= 15 is 0 Å². The maximum atomic E-state index is 5.91. The van der Waals surface area contributed by atoms with Gasteiger partial charge in [-0.25, -0.2) is 0 Å². The van der Waals surface area contributed by atoms with E-state index in [9.17, 15) is 0 Å². The second-order valence-electron chi connectivity index (χ2n) is 5.45. The van der Waals surface area contributed by atoms with Crippen molar-refractivity contribution in [2.24, 2.45) is 0 Å². The first kappa shape index (κ1) is 12.5. The largest absolute Gasteiger partial charge is 0.457 e. The van der Waals surface area contributed by atoms with E-state index in [0.717, 1.165) is 37.4 Å². The standard InChI is InChI=1S/C18H18N2O/c1-2-4-13(5-3-1)21-14-6-7-15-16-8-10-19-11-9-17(16)20-18(15)12-14/h1-7,12,19-20H,8-11H2. The van der Waals surface area contributed by atoms with Gasteiger partial charge in [0.05, 0.1) is 0 Å². The van der Waals surface area contributed by atoms with Crippen LogP contribution in [0.15, 0.2) is 48.5 Å². The predicted molar refractivity (Wildman–Crippen MR) is 85.1 cm³/mol. The number of H-pyrrole nitrogens is 1. The molecule has 3 nitrogen and oxygen atoms in total. The van der Waals surface area contributed by atoms with Crippen molar-refractivity contribution in [3.05, 3.63) is 59.8 Å². The molecule has 106 valence electrons. The Balaban J connectivity index is 1.70. The van der Waals surface area contributed by atoms with Crippen molar-refractivity contribution in [2.75, 3.05) is 13.1 Å². The van der Waals surface area contributed by atoms with E-state index in [1.807, 2.05) is 30.3 Å². The molecule has 0 atom stereocenters. The highest BCUT2D eigenvalue weighted by molar-refractivity contribution is 5.86. The van der Waals surface area contributed by atoms with Crippen LogP contribution in [0.5, 0.6) is 11.5 Å². The molecule has 0 unspecified atom stereocenters. The highest BCUT2D eigenvalue weighted by Gasteiger charge is 2.14. The van der Waals surface area contributed by atoms with Gasteiger partial charge in [-0.2, -0.15) is 0 Å². The van der Waals surface area contributed by atoms with Crippen LogP contribution in [0.4, 0.5) is 0 Å². The summed E-state index contributed by atoms with van der Waals surface area (Å²) in [7, 11) is 0. The maximum Gasteiger partial charge on any atom is 0.129 e. The van der Waals surface area contributed by atoms with Gasteiger partial charge in [0.25, 0.3) is 0 Å². The Kier molecular flexibility index (Phi) is 3.13. The number of hydrogen-bond acceptors (Lipinski definition) is 2. The van der Waals surface area contributed by atoms with Crippen molar-refractivity contribution < 1.29 is 4.74 Å². The molecule has 3 heteroatoms. The molecule has 0 spiro atoms. The second-order valence-corrected chi connectivity index (χ2v) is 5.45. The second kappa shape index (κ2) is 5.26. The molecule has 1 aliphatic heterocycles. The summed E-state index contributed by atoms with van der Waals surface area (Å²) in [5.74, 6) is 1.75. The van der Waals surface area contributed by atoms with Crippen LogP contribution in [-0.2, 0) is 12.8 Å². The summed E-state index contributed by atoms with van der Waals surface area (Å²) in [4.78, 5) is 3.56. The number of aromatic amines is 1. The SMILES string of the molecule is c1ccc(Oc2ccc3c4c([nH]c3c2)CCNCC4)cc1. The number of para-hydroxylation sites is 1. The first-order valence-electron chi connectivity index (χ1n) is 7.47. The molecule has 1 aromatic heterocycles. The third-order valence-electron chi connectivity index (χ3n) is 4.05. The van der Waals surface area contributed by atoms with Gasteiger partial charge in [-0.3, -0.25) is 0 Å². The number of fused-ring (bicyclic) bond motifs is 3. The van der Waals surface area contributed by atoms with E-state index < -0.39 is 0 Å². The molecule has 2 heterocycles. The number of ether oxygens (including phenoxy) is 1. The fourth-order valence-electron chi connectivity index (χ4n) is 3.03. The van der Waals surface area contributed by atoms with Gasteiger partial charge in [-0.1, -0.05) is 18.2 Å². The maximum absolute atomic E-state index is 5.91. The summed E-state index contributed by atoms with van der Waals surface area (Å²) in [6.45, 7) is 2.11. The minimum atomic E-state index is 0.870. The Hall–Kier alpha value is -2.26. The minimum absolute atomic E-state index is 0.870. The molecule has 0 amide bonds. The van der Waals surface area contributed by atoms with E-state index in [-0.39, 0.29) is 0 Å². The zero-order valence-electron chi connectivity index (χ0n) is 11.9. The fraction of sp³-hybridized carbons (Fsp3) is 0.222. The monoisotopic (exact) mass is 278 g/mol. The molecule has 0 bridgehead atoms. The molecule has 1 aliphatic rings. The van der Waals surface area contributed by atoms with Gasteiger partial charge in [-0.05, 0) is 42.8 Å². The van der Waals surface area contributed by atoms with Crippen LogP contribution in [0.3, 0.4) is 0 Å². The summed E-state index contributed by atoms with van der Waals surface area (Å²) in [6.07, 6.45) is 2.16. The van der Waals surface area contributed by atoms with Crippen LogP contribution in [0, 0.1) is 0 Å². The van der Waals surface area contributed by atoms with E-state index in [4.69, 9.17) is 4.74 Å². The number of hydrogen-bond donors (Lipinski definition) is 2. The molecule has 0 saturated heterocycles. The van der Waals surface area contributed by atoms with E-state index in [2.05, 4.69) is 28.5 Å². The lowest BCUT2D eigenvalue weighted by Crippen LogP contribution is -2.16. The third-order valence-corrected chi connectivity index (χ3v) is 4.05. The molecule has 2 N–H and O–H groups in total. The molecule has 0 aliphatic carbocycles. The zero-order chi connectivity index (χ0) is 14.1. The lowest BCUT2D eigenvalue weighted by molar-refractivity contribution is 0.483. The Bertz CT molecular complexity index is 761. The summed E-state index contributed by atoms with van der Waals surface area (Å²) in [5, 5.41) is 4.77.